The van der Waals surface area contributed by atoms with E-state index in [1.165, 1.54) is 11.9 Å². The Morgan fingerprint density at radius 1 is 1.35 bits per heavy atom. The first-order valence-corrected chi connectivity index (χ1v) is 9.57. The van der Waals surface area contributed by atoms with Crippen LogP contribution in [-0.2, 0) is 13.2 Å². The zero-order chi connectivity index (χ0) is 22.9. The van der Waals surface area contributed by atoms with Crippen LogP contribution in [0.4, 0.5) is 30.6 Å². The van der Waals surface area contributed by atoms with Crippen LogP contribution in [0.5, 0.6) is 0 Å². The van der Waals surface area contributed by atoms with Crippen molar-refractivity contribution in [3.05, 3.63) is 40.7 Å². The van der Waals surface area contributed by atoms with Gasteiger partial charge in [-0.1, -0.05) is 11.6 Å². The lowest BCUT2D eigenvalue weighted by atomic mass is 10.1. The number of anilines is 3. The number of aromatic nitrogens is 3. The van der Waals surface area contributed by atoms with E-state index in [1.54, 1.807) is 37.0 Å². The lowest BCUT2D eigenvalue weighted by Crippen LogP contribution is -2.31. The van der Waals surface area contributed by atoms with E-state index in [2.05, 4.69) is 20.6 Å². The molecule has 2 heterocycles. The van der Waals surface area contributed by atoms with Crippen LogP contribution in [0.15, 0.2) is 24.5 Å². The molecule has 4 N–H and O–H groups in total. The lowest BCUT2D eigenvalue weighted by Gasteiger charge is -2.15. The van der Waals surface area contributed by atoms with Crippen LogP contribution in [0.1, 0.15) is 15.9 Å². The third-order valence-electron chi connectivity index (χ3n) is 4.70. The summed E-state index contributed by atoms with van der Waals surface area (Å²) in [5.74, 6) is -0.624. The topological polar surface area (TPSA) is 101 Å². The highest BCUT2D eigenvalue weighted by atomic mass is 35.5. The van der Waals surface area contributed by atoms with E-state index in [9.17, 15) is 18.0 Å². The summed E-state index contributed by atoms with van der Waals surface area (Å²) in [5, 5.41) is 6.15. The summed E-state index contributed by atoms with van der Waals surface area (Å²) in [7, 11) is 4.77. The molecule has 3 aromatic rings. The van der Waals surface area contributed by atoms with E-state index < -0.39 is 11.7 Å². The molecule has 0 fully saturated rings. The summed E-state index contributed by atoms with van der Waals surface area (Å²) >= 11 is 6.39. The molecule has 8 nitrogen and oxygen atoms in total. The van der Waals surface area contributed by atoms with Crippen molar-refractivity contribution in [2.24, 2.45) is 12.8 Å². The van der Waals surface area contributed by atoms with Gasteiger partial charge in [0, 0.05) is 52.0 Å². The van der Waals surface area contributed by atoms with Crippen LogP contribution < -0.4 is 16.4 Å². The standard InChI is InChI=1S/C19H21ClF3N7O/c1-25-16-12(19(21,22)23)8-26-18(28-16)27-14-7-15-10(6-13(14)20)11(9-30(15)3)17(31)29(2)5-4-24/h6-9H,4-5,24H2,1-3H3,(H2,25,26,27,28). The molecule has 12 heteroatoms. The Balaban J connectivity index is 1.99. The first-order chi connectivity index (χ1) is 14.6. The van der Waals surface area contributed by atoms with Gasteiger partial charge < -0.3 is 25.8 Å². The number of amides is 1. The Labute approximate surface area is 181 Å². The van der Waals surface area contributed by atoms with Crippen molar-refractivity contribution in [1.29, 1.82) is 0 Å². The number of halogens is 4. The van der Waals surface area contributed by atoms with Gasteiger partial charge in [0.05, 0.1) is 21.8 Å². The van der Waals surface area contributed by atoms with Crippen molar-refractivity contribution in [3.63, 3.8) is 0 Å². The smallest absolute Gasteiger partial charge is 0.372 e. The molecular formula is C19H21ClF3N7O. The SMILES string of the molecule is CNc1nc(Nc2cc3c(cc2Cl)c(C(=O)N(C)CCN)cn3C)ncc1C(F)(F)F. The first kappa shape index (κ1) is 22.6. The van der Waals surface area contributed by atoms with Gasteiger partial charge in [-0.15, -0.1) is 0 Å². The average molecular weight is 456 g/mol. The fourth-order valence-corrected chi connectivity index (χ4v) is 3.34. The van der Waals surface area contributed by atoms with Crippen LogP contribution >= 0.6 is 11.6 Å². The monoisotopic (exact) mass is 455 g/mol. The Morgan fingerprint density at radius 3 is 2.68 bits per heavy atom. The van der Waals surface area contributed by atoms with Crippen LogP contribution in [0, 0.1) is 0 Å². The summed E-state index contributed by atoms with van der Waals surface area (Å²) in [6.45, 7) is 0.741. The third kappa shape index (κ3) is 4.52. The summed E-state index contributed by atoms with van der Waals surface area (Å²) in [5.41, 5.74) is 6.09. The maximum absolute atomic E-state index is 13.0. The van der Waals surface area contributed by atoms with Crippen molar-refractivity contribution in [1.82, 2.24) is 19.4 Å². The minimum atomic E-state index is -4.59. The maximum atomic E-state index is 13.0. The lowest BCUT2D eigenvalue weighted by molar-refractivity contribution is -0.137. The number of nitrogens with zero attached hydrogens (tertiary/aromatic N) is 4. The molecule has 0 saturated carbocycles. The van der Waals surface area contributed by atoms with Gasteiger partial charge >= 0.3 is 6.18 Å². The normalized spacial score (nSPS) is 11.6. The number of alkyl halides is 3. The second-order valence-electron chi connectivity index (χ2n) is 6.85. The quantitative estimate of drug-likeness (QED) is 0.526. The number of carbonyl (C=O) groups excluding carboxylic acids is 1. The van der Waals surface area contributed by atoms with Gasteiger partial charge in [-0.3, -0.25) is 4.79 Å². The fraction of sp³-hybridized carbons (Fsp3) is 0.316. The minimum Gasteiger partial charge on any atom is -0.372 e. The number of nitrogens with one attached hydrogen (secondary N) is 2. The van der Waals surface area contributed by atoms with Gasteiger partial charge in [0.2, 0.25) is 5.95 Å². The second kappa shape index (κ2) is 8.60. The molecule has 0 radical (unpaired) electrons. The number of rotatable bonds is 6. The van der Waals surface area contributed by atoms with Gasteiger partial charge in [-0.05, 0) is 12.1 Å². The molecule has 0 bridgehead atoms. The van der Waals surface area contributed by atoms with E-state index >= 15 is 0 Å². The average Bonchev–Trinajstić information content (AvgIpc) is 3.02. The van der Waals surface area contributed by atoms with Crippen LogP contribution in [-0.4, -0.2) is 52.5 Å². The maximum Gasteiger partial charge on any atom is 0.421 e. The van der Waals surface area contributed by atoms with Gasteiger partial charge in [-0.2, -0.15) is 18.2 Å². The highest BCUT2D eigenvalue weighted by Crippen LogP contribution is 2.35. The fourth-order valence-electron chi connectivity index (χ4n) is 3.13. The van der Waals surface area contributed by atoms with Crippen LogP contribution in [0.3, 0.4) is 0 Å². The number of nitrogens with two attached hydrogens (primary N) is 1. The molecule has 0 saturated heterocycles. The summed E-state index contributed by atoms with van der Waals surface area (Å²) in [4.78, 5) is 21.9. The first-order valence-electron chi connectivity index (χ1n) is 9.20. The number of fused-ring (bicyclic) bond motifs is 1. The highest BCUT2D eigenvalue weighted by Gasteiger charge is 2.35. The molecule has 0 spiro atoms. The highest BCUT2D eigenvalue weighted by molar-refractivity contribution is 6.34. The third-order valence-corrected chi connectivity index (χ3v) is 5.01. The Bertz CT molecular complexity index is 1130. The van der Waals surface area contributed by atoms with Crippen LogP contribution in [0.25, 0.3) is 10.9 Å². The van der Waals surface area contributed by atoms with Crippen molar-refractivity contribution >= 4 is 45.9 Å². The predicted octanol–water partition coefficient (Wildman–Crippen LogP) is 3.46. The van der Waals surface area contributed by atoms with Crippen molar-refractivity contribution in [2.45, 2.75) is 6.18 Å². The van der Waals surface area contributed by atoms with E-state index in [0.717, 1.165) is 0 Å². The molecule has 0 aliphatic heterocycles. The van der Waals surface area contributed by atoms with Gasteiger partial charge in [-0.25, -0.2) is 4.98 Å². The van der Waals surface area contributed by atoms with Crippen molar-refractivity contribution in [3.8, 4) is 0 Å². The molecule has 2 aromatic heterocycles. The Kier molecular flexibility index (Phi) is 6.27. The van der Waals surface area contributed by atoms with E-state index in [-0.39, 0.29) is 22.7 Å². The number of hydrogen-bond donors (Lipinski definition) is 3. The molecule has 1 amide bonds. The second-order valence-corrected chi connectivity index (χ2v) is 7.25. The number of hydrogen-bond acceptors (Lipinski definition) is 6. The number of benzene rings is 1. The Hall–Kier alpha value is -3.05. The molecule has 0 atom stereocenters. The van der Waals surface area contributed by atoms with E-state index in [1.807, 2.05) is 0 Å². The van der Waals surface area contributed by atoms with Crippen LogP contribution in [0.2, 0.25) is 5.02 Å². The molecular weight excluding hydrogens is 435 g/mol. The summed E-state index contributed by atoms with van der Waals surface area (Å²) in [6.07, 6.45) is -2.20. The number of carbonyl (C=O) groups is 1. The van der Waals surface area contributed by atoms with Gasteiger partial charge in [0.15, 0.2) is 0 Å². The van der Waals surface area contributed by atoms with Crippen molar-refractivity contribution < 1.29 is 18.0 Å². The summed E-state index contributed by atoms with van der Waals surface area (Å²) in [6, 6.07) is 3.29. The van der Waals surface area contributed by atoms with Crippen molar-refractivity contribution in [2.75, 3.05) is 37.8 Å². The van der Waals surface area contributed by atoms with Gasteiger partial charge in [0.1, 0.15) is 11.4 Å². The summed E-state index contributed by atoms with van der Waals surface area (Å²) < 4.78 is 40.9. The zero-order valence-electron chi connectivity index (χ0n) is 17.0. The molecule has 166 valence electrons. The Morgan fingerprint density at radius 2 is 2.06 bits per heavy atom. The molecule has 1 aromatic carbocycles. The molecule has 0 aliphatic rings. The number of aryl methyl sites for hydroxylation is 1. The van der Waals surface area contributed by atoms with E-state index in [0.29, 0.717) is 41.4 Å². The zero-order valence-corrected chi connectivity index (χ0v) is 17.8. The van der Waals surface area contributed by atoms with E-state index in [4.69, 9.17) is 17.3 Å². The molecule has 31 heavy (non-hydrogen) atoms. The predicted molar refractivity (Wildman–Crippen MR) is 114 cm³/mol. The van der Waals surface area contributed by atoms with Gasteiger partial charge in [0.25, 0.3) is 5.91 Å². The molecule has 0 unspecified atom stereocenters. The minimum absolute atomic E-state index is 0.0632. The largest absolute Gasteiger partial charge is 0.421 e. The molecule has 3 rings (SSSR count). The molecule has 0 aliphatic carbocycles. The number of likely N-dealkylation sites (N-methyl/N-ethyl adjacent to an activating group) is 1.